The fraction of sp³-hybridized carbons (Fsp3) is 0.250. The van der Waals surface area contributed by atoms with Gasteiger partial charge in [-0.25, -0.2) is 4.39 Å². The Hall–Kier alpha value is -0.280. The fourth-order valence-electron chi connectivity index (χ4n) is 0.888. The summed E-state index contributed by atoms with van der Waals surface area (Å²) in [6.07, 6.45) is 0. The molecule has 0 saturated heterocycles. The minimum absolute atomic E-state index is 0.337. The van der Waals surface area contributed by atoms with Crippen LogP contribution in [0, 0.1) is 5.82 Å². The van der Waals surface area contributed by atoms with Crippen LogP contribution >= 0.6 is 27.5 Å². The van der Waals surface area contributed by atoms with Crippen molar-refractivity contribution in [2.45, 2.75) is 6.92 Å². The predicted octanol–water partition coefficient (Wildman–Crippen LogP) is 3.67. The third kappa shape index (κ3) is 2.11. The number of anilines is 1. The Labute approximate surface area is 84.0 Å². The summed E-state index contributed by atoms with van der Waals surface area (Å²) in [7, 11) is 0. The van der Waals surface area contributed by atoms with E-state index >= 15 is 0 Å². The van der Waals surface area contributed by atoms with Crippen LogP contribution < -0.4 is 5.32 Å². The molecule has 0 spiro atoms. The van der Waals surface area contributed by atoms with E-state index in [1.54, 1.807) is 6.07 Å². The molecule has 0 bridgehead atoms. The van der Waals surface area contributed by atoms with E-state index in [0.29, 0.717) is 21.7 Å². The molecule has 0 fully saturated rings. The fourth-order valence-corrected chi connectivity index (χ4v) is 1.72. The molecule has 0 radical (unpaired) electrons. The molecule has 0 saturated carbocycles. The molecule has 4 heteroatoms. The Balaban J connectivity index is 3.10. The number of halogens is 3. The van der Waals surface area contributed by atoms with Gasteiger partial charge in [0.1, 0.15) is 5.82 Å². The Kier molecular flexibility index (Phi) is 3.35. The van der Waals surface area contributed by atoms with E-state index in [4.69, 9.17) is 11.6 Å². The van der Waals surface area contributed by atoms with Gasteiger partial charge in [0.2, 0.25) is 0 Å². The number of hydrogen-bond donors (Lipinski definition) is 1. The van der Waals surface area contributed by atoms with Crippen molar-refractivity contribution in [3.8, 4) is 0 Å². The molecule has 12 heavy (non-hydrogen) atoms. The average Bonchev–Trinajstić information content (AvgIpc) is 1.96. The van der Waals surface area contributed by atoms with Crippen molar-refractivity contribution in [2.75, 3.05) is 11.9 Å². The van der Waals surface area contributed by atoms with E-state index < -0.39 is 0 Å². The lowest BCUT2D eigenvalue weighted by molar-refractivity contribution is 0.630. The first-order valence-corrected chi connectivity index (χ1v) is 4.70. The van der Waals surface area contributed by atoms with Crippen molar-refractivity contribution in [3.05, 3.63) is 27.4 Å². The molecule has 0 amide bonds. The van der Waals surface area contributed by atoms with Gasteiger partial charge in [0, 0.05) is 11.0 Å². The number of benzene rings is 1. The molecule has 0 aromatic heterocycles. The van der Waals surface area contributed by atoms with Crippen LogP contribution in [0.15, 0.2) is 16.6 Å². The van der Waals surface area contributed by atoms with Crippen molar-refractivity contribution in [2.24, 2.45) is 0 Å². The minimum atomic E-state index is -0.337. The van der Waals surface area contributed by atoms with Crippen molar-refractivity contribution in [3.63, 3.8) is 0 Å². The molecule has 0 unspecified atom stereocenters. The highest BCUT2D eigenvalue weighted by Gasteiger charge is 2.06. The zero-order valence-electron chi connectivity index (χ0n) is 6.50. The summed E-state index contributed by atoms with van der Waals surface area (Å²) in [4.78, 5) is 0. The van der Waals surface area contributed by atoms with Crippen LogP contribution in [-0.2, 0) is 0 Å². The van der Waals surface area contributed by atoms with Crippen LogP contribution in [0.3, 0.4) is 0 Å². The van der Waals surface area contributed by atoms with Crippen LogP contribution in [0.2, 0.25) is 5.02 Å². The van der Waals surface area contributed by atoms with E-state index in [1.165, 1.54) is 6.07 Å². The molecule has 66 valence electrons. The first-order valence-electron chi connectivity index (χ1n) is 3.53. The Morgan fingerprint density at radius 3 is 2.75 bits per heavy atom. The van der Waals surface area contributed by atoms with Gasteiger partial charge in [-0.05, 0) is 19.1 Å². The first kappa shape index (κ1) is 9.81. The average molecular weight is 253 g/mol. The maximum Gasteiger partial charge on any atom is 0.148 e. The Bertz CT molecular complexity index is 267. The van der Waals surface area contributed by atoms with Crippen LogP contribution in [0.25, 0.3) is 0 Å². The highest BCUT2D eigenvalue weighted by Crippen LogP contribution is 2.28. The lowest BCUT2D eigenvalue weighted by Crippen LogP contribution is -1.99. The van der Waals surface area contributed by atoms with Crippen molar-refractivity contribution in [1.82, 2.24) is 0 Å². The molecule has 1 aromatic rings. The zero-order valence-corrected chi connectivity index (χ0v) is 8.84. The van der Waals surface area contributed by atoms with Gasteiger partial charge in [0.05, 0.1) is 10.7 Å². The van der Waals surface area contributed by atoms with Gasteiger partial charge in [-0.3, -0.25) is 0 Å². The van der Waals surface area contributed by atoms with Crippen LogP contribution in [0.5, 0.6) is 0 Å². The third-order valence-electron chi connectivity index (χ3n) is 1.36. The molecule has 1 N–H and O–H groups in total. The van der Waals surface area contributed by atoms with Crippen LogP contribution in [0.1, 0.15) is 6.92 Å². The summed E-state index contributed by atoms with van der Waals surface area (Å²) in [5, 5.41) is 3.24. The van der Waals surface area contributed by atoms with E-state index in [2.05, 4.69) is 21.2 Å². The van der Waals surface area contributed by atoms with Crippen molar-refractivity contribution in [1.29, 1.82) is 0 Å². The number of hydrogen-bond acceptors (Lipinski definition) is 1. The Morgan fingerprint density at radius 1 is 1.58 bits per heavy atom. The number of rotatable bonds is 2. The quantitative estimate of drug-likeness (QED) is 0.847. The summed E-state index contributed by atoms with van der Waals surface area (Å²) >= 11 is 8.93. The lowest BCUT2D eigenvalue weighted by Gasteiger charge is -2.07. The second kappa shape index (κ2) is 4.10. The van der Waals surface area contributed by atoms with Gasteiger partial charge >= 0.3 is 0 Å². The normalized spacial score (nSPS) is 10.0. The van der Waals surface area contributed by atoms with Crippen molar-refractivity contribution >= 4 is 33.2 Å². The summed E-state index contributed by atoms with van der Waals surface area (Å²) in [6.45, 7) is 2.54. The topological polar surface area (TPSA) is 12.0 Å². The Morgan fingerprint density at radius 2 is 2.25 bits per heavy atom. The van der Waals surface area contributed by atoms with Gasteiger partial charge in [-0.15, -0.1) is 0 Å². The summed E-state index contributed by atoms with van der Waals surface area (Å²) in [5.74, 6) is -0.337. The summed E-state index contributed by atoms with van der Waals surface area (Å²) < 4.78 is 13.8. The van der Waals surface area contributed by atoms with Crippen LogP contribution in [0.4, 0.5) is 10.1 Å². The van der Waals surface area contributed by atoms with E-state index in [-0.39, 0.29) is 5.82 Å². The number of nitrogens with one attached hydrogen (secondary N) is 1. The molecule has 0 aliphatic carbocycles. The predicted molar refractivity (Wildman–Crippen MR) is 53.3 cm³/mol. The zero-order chi connectivity index (χ0) is 9.14. The van der Waals surface area contributed by atoms with Gasteiger partial charge in [-0.2, -0.15) is 0 Å². The lowest BCUT2D eigenvalue weighted by atomic mass is 10.3. The standard InChI is InChI=1S/C8H8BrClFN/c1-2-12-8-6(10)3-5(9)4-7(8)11/h3-4,12H,2H2,1H3. The first-order chi connectivity index (χ1) is 5.65. The second-order valence-corrected chi connectivity index (χ2v) is 3.60. The molecule has 1 nitrogen and oxygen atoms in total. The van der Waals surface area contributed by atoms with Gasteiger partial charge in [0.15, 0.2) is 0 Å². The largest absolute Gasteiger partial charge is 0.382 e. The third-order valence-corrected chi connectivity index (χ3v) is 2.12. The molecule has 0 heterocycles. The van der Waals surface area contributed by atoms with E-state index in [9.17, 15) is 4.39 Å². The highest BCUT2D eigenvalue weighted by atomic mass is 79.9. The van der Waals surface area contributed by atoms with E-state index in [0.717, 1.165) is 0 Å². The molecular formula is C8H8BrClFN. The molecular weight excluding hydrogens is 244 g/mol. The molecule has 1 rings (SSSR count). The van der Waals surface area contributed by atoms with Crippen molar-refractivity contribution < 1.29 is 4.39 Å². The molecule has 0 atom stereocenters. The maximum atomic E-state index is 13.1. The monoisotopic (exact) mass is 251 g/mol. The van der Waals surface area contributed by atoms with Gasteiger partial charge in [0.25, 0.3) is 0 Å². The summed E-state index contributed by atoms with van der Waals surface area (Å²) in [6, 6.07) is 3.03. The van der Waals surface area contributed by atoms with Gasteiger partial charge < -0.3 is 5.32 Å². The summed E-state index contributed by atoms with van der Waals surface area (Å²) in [5.41, 5.74) is 0.363. The van der Waals surface area contributed by atoms with Crippen LogP contribution in [-0.4, -0.2) is 6.54 Å². The minimum Gasteiger partial charge on any atom is -0.382 e. The molecule has 0 aliphatic heterocycles. The van der Waals surface area contributed by atoms with Gasteiger partial charge in [-0.1, -0.05) is 27.5 Å². The SMILES string of the molecule is CCNc1c(F)cc(Br)cc1Cl. The smallest absolute Gasteiger partial charge is 0.148 e. The molecule has 0 aliphatic rings. The highest BCUT2D eigenvalue weighted by molar-refractivity contribution is 9.10. The second-order valence-electron chi connectivity index (χ2n) is 2.27. The molecule has 1 aromatic carbocycles. The van der Waals surface area contributed by atoms with E-state index in [1.807, 2.05) is 6.92 Å². The maximum absolute atomic E-state index is 13.1.